The molecule has 11 heteroatoms. The first kappa shape index (κ1) is 30.2. The van der Waals surface area contributed by atoms with Crippen molar-refractivity contribution in [2.75, 3.05) is 27.6 Å². The Balaban J connectivity index is 1.16. The number of nitrogens with one attached hydrogen (secondary N) is 1. The third kappa shape index (κ3) is 7.59. The second kappa shape index (κ2) is 14.3. The zero-order valence-electron chi connectivity index (χ0n) is 24.2. The number of carbonyl (C=O) groups excluding carboxylic acids is 1. The molecule has 0 saturated carbocycles. The molecule has 226 valence electrons. The SMILES string of the molecule is COc1ccc(CCNC(=O)CCCCCn2c(SCc3cccc(F)c3)nc3cc4c(cc3c2=O)OCO4)cc1OC. The molecule has 2 heterocycles. The first-order valence-corrected chi connectivity index (χ1v) is 15.1. The lowest BCUT2D eigenvalue weighted by molar-refractivity contribution is -0.121. The summed E-state index contributed by atoms with van der Waals surface area (Å²) >= 11 is 1.39. The van der Waals surface area contributed by atoms with Gasteiger partial charge in [0, 0.05) is 31.3 Å². The van der Waals surface area contributed by atoms with E-state index in [1.165, 1.54) is 23.9 Å². The van der Waals surface area contributed by atoms with Crippen molar-refractivity contribution in [2.45, 2.75) is 49.6 Å². The number of fused-ring (bicyclic) bond motifs is 2. The molecule has 9 nitrogen and oxygen atoms in total. The molecule has 0 bridgehead atoms. The molecule has 5 rings (SSSR count). The molecule has 3 aromatic carbocycles. The summed E-state index contributed by atoms with van der Waals surface area (Å²) in [6.07, 6.45) is 3.25. The predicted octanol–water partition coefficient (Wildman–Crippen LogP) is 5.49. The Bertz CT molecular complexity index is 1660. The number of methoxy groups -OCH3 is 2. The second-order valence-corrected chi connectivity index (χ2v) is 11.0. The minimum absolute atomic E-state index is 0.00701. The van der Waals surface area contributed by atoms with Gasteiger partial charge in [0.2, 0.25) is 12.7 Å². The summed E-state index contributed by atoms with van der Waals surface area (Å²) in [6, 6.07) is 15.5. The lowest BCUT2D eigenvalue weighted by atomic mass is 10.1. The lowest BCUT2D eigenvalue weighted by Gasteiger charge is -2.14. The Morgan fingerprint density at radius 1 is 1.00 bits per heavy atom. The van der Waals surface area contributed by atoms with E-state index in [1.54, 1.807) is 37.0 Å². The van der Waals surface area contributed by atoms with Crippen LogP contribution in [0.3, 0.4) is 0 Å². The minimum atomic E-state index is -0.306. The van der Waals surface area contributed by atoms with Gasteiger partial charge >= 0.3 is 0 Å². The van der Waals surface area contributed by atoms with Crippen LogP contribution in [0.25, 0.3) is 10.9 Å². The zero-order chi connectivity index (χ0) is 30.2. The number of hydrogen-bond acceptors (Lipinski definition) is 8. The van der Waals surface area contributed by atoms with Gasteiger partial charge in [0.25, 0.3) is 5.56 Å². The molecular formula is C32H34FN3O6S. The third-order valence-corrected chi connectivity index (χ3v) is 8.19. The fourth-order valence-electron chi connectivity index (χ4n) is 4.88. The molecule has 43 heavy (non-hydrogen) atoms. The van der Waals surface area contributed by atoms with Crippen LogP contribution in [0.2, 0.25) is 0 Å². The summed E-state index contributed by atoms with van der Waals surface area (Å²) in [7, 11) is 3.19. The molecule has 0 spiro atoms. The molecule has 4 aromatic rings. The number of aromatic nitrogens is 2. The lowest BCUT2D eigenvalue weighted by Crippen LogP contribution is -2.25. The average Bonchev–Trinajstić information content (AvgIpc) is 3.47. The normalized spacial score (nSPS) is 12.0. The number of amides is 1. The molecular weight excluding hydrogens is 573 g/mol. The summed E-state index contributed by atoms with van der Waals surface area (Å²) in [5.41, 5.74) is 2.20. The maximum atomic E-state index is 13.7. The van der Waals surface area contributed by atoms with Crippen molar-refractivity contribution in [1.82, 2.24) is 14.9 Å². The van der Waals surface area contributed by atoms with Crippen LogP contribution in [0, 0.1) is 5.82 Å². The van der Waals surface area contributed by atoms with Gasteiger partial charge in [-0.1, -0.05) is 36.4 Å². The van der Waals surface area contributed by atoms with E-state index >= 15 is 0 Å². The molecule has 0 aliphatic carbocycles. The van der Waals surface area contributed by atoms with Crippen LogP contribution in [0.15, 0.2) is 64.5 Å². The molecule has 1 aliphatic heterocycles. The van der Waals surface area contributed by atoms with Crippen molar-refractivity contribution >= 4 is 28.6 Å². The quantitative estimate of drug-likeness (QED) is 0.114. The Hall–Kier alpha value is -4.25. The van der Waals surface area contributed by atoms with Crippen LogP contribution < -0.4 is 29.8 Å². The highest BCUT2D eigenvalue weighted by Gasteiger charge is 2.19. The zero-order valence-corrected chi connectivity index (χ0v) is 25.0. The minimum Gasteiger partial charge on any atom is -0.493 e. The third-order valence-electron chi connectivity index (χ3n) is 7.14. The molecule has 0 fully saturated rings. The van der Waals surface area contributed by atoms with Gasteiger partial charge in [0.05, 0.1) is 25.1 Å². The second-order valence-electron chi connectivity index (χ2n) is 10.1. The summed E-state index contributed by atoms with van der Waals surface area (Å²) in [5, 5.41) is 3.97. The Morgan fingerprint density at radius 2 is 1.81 bits per heavy atom. The topological polar surface area (TPSA) is 101 Å². The number of unbranched alkanes of at least 4 members (excludes halogenated alkanes) is 2. The largest absolute Gasteiger partial charge is 0.493 e. The first-order valence-electron chi connectivity index (χ1n) is 14.1. The van der Waals surface area contributed by atoms with Gasteiger partial charge in [-0.15, -0.1) is 0 Å². The maximum absolute atomic E-state index is 13.7. The van der Waals surface area contributed by atoms with Crippen LogP contribution in [0.4, 0.5) is 4.39 Å². The number of halogens is 1. The van der Waals surface area contributed by atoms with Gasteiger partial charge in [-0.2, -0.15) is 0 Å². The molecule has 1 N–H and O–H groups in total. The van der Waals surface area contributed by atoms with Gasteiger partial charge in [-0.05, 0) is 60.7 Å². The van der Waals surface area contributed by atoms with E-state index in [2.05, 4.69) is 5.32 Å². The van der Waals surface area contributed by atoms with E-state index < -0.39 is 0 Å². The van der Waals surface area contributed by atoms with Crippen LogP contribution >= 0.6 is 11.8 Å². The van der Waals surface area contributed by atoms with Crippen LogP contribution in [0.5, 0.6) is 23.0 Å². The van der Waals surface area contributed by atoms with Gasteiger partial charge in [-0.25, -0.2) is 9.37 Å². The number of benzene rings is 3. The summed E-state index contributed by atoms with van der Waals surface area (Å²) in [6.45, 7) is 1.07. The van der Waals surface area contributed by atoms with E-state index in [4.69, 9.17) is 23.9 Å². The molecule has 0 radical (unpaired) electrons. The monoisotopic (exact) mass is 607 g/mol. The van der Waals surface area contributed by atoms with Crippen LogP contribution in [-0.4, -0.2) is 43.0 Å². The van der Waals surface area contributed by atoms with Crippen molar-refractivity contribution in [2.24, 2.45) is 0 Å². The Kier molecular flexibility index (Phi) is 10.0. The van der Waals surface area contributed by atoms with Gasteiger partial charge in [0.1, 0.15) is 5.82 Å². The molecule has 0 unspecified atom stereocenters. The number of ether oxygens (including phenoxy) is 4. The highest BCUT2D eigenvalue weighted by atomic mass is 32.2. The molecule has 0 saturated heterocycles. The smallest absolute Gasteiger partial charge is 0.262 e. The first-order chi connectivity index (χ1) is 20.9. The summed E-state index contributed by atoms with van der Waals surface area (Å²) in [4.78, 5) is 30.8. The molecule has 1 aliphatic rings. The van der Waals surface area contributed by atoms with Crippen molar-refractivity contribution < 1.29 is 28.1 Å². The van der Waals surface area contributed by atoms with Gasteiger partial charge < -0.3 is 24.3 Å². The van der Waals surface area contributed by atoms with E-state index in [0.29, 0.717) is 83.6 Å². The fraction of sp³-hybridized carbons (Fsp3) is 0.344. The van der Waals surface area contributed by atoms with E-state index in [9.17, 15) is 14.0 Å². The number of hydrogen-bond donors (Lipinski definition) is 1. The number of rotatable bonds is 14. The van der Waals surface area contributed by atoms with Crippen LogP contribution in [-0.2, 0) is 23.5 Å². The molecule has 0 atom stereocenters. The predicted molar refractivity (Wildman–Crippen MR) is 163 cm³/mol. The van der Waals surface area contributed by atoms with Gasteiger partial charge in [-0.3, -0.25) is 14.2 Å². The highest BCUT2D eigenvalue weighted by molar-refractivity contribution is 7.98. The van der Waals surface area contributed by atoms with E-state index in [1.807, 2.05) is 24.3 Å². The number of thioether (sulfide) groups is 1. The fourth-order valence-corrected chi connectivity index (χ4v) is 5.84. The van der Waals surface area contributed by atoms with Crippen molar-refractivity contribution in [3.05, 3.63) is 81.9 Å². The Labute approximate surface area is 253 Å². The van der Waals surface area contributed by atoms with Crippen molar-refractivity contribution in [1.29, 1.82) is 0 Å². The summed E-state index contributed by atoms with van der Waals surface area (Å²) in [5.74, 6) is 2.56. The molecule has 1 aromatic heterocycles. The Morgan fingerprint density at radius 3 is 2.60 bits per heavy atom. The van der Waals surface area contributed by atoms with E-state index in [0.717, 1.165) is 17.5 Å². The van der Waals surface area contributed by atoms with Crippen LogP contribution in [0.1, 0.15) is 36.8 Å². The highest BCUT2D eigenvalue weighted by Crippen LogP contribution is 2.35. The standard InChI is InChI=1S/C32H34FN3O6S/c1-39-26-11-10-21(16-27(26)40-2)12-13-34-30(37)9-4-3-5-14-36-31(38)24-17-28-29(42-20-41-28)18-25(24)35-32(36)43-19-22-7-6-8-23(33)15-22/h6-8,10-11,15-18H,3-5,9,12-14,19-20H2,1-2H3,(H,34,37). The van der Waals surface area contributed by atoms with E-state index in [-0.39, 0.29) is 24.1 Å². The van der Waals surface area contributed by atoms with Crippen molar-refractivity contribution in [3.8, 4) is 23.0 Å². The van der Waals surface area contributed by atoms with Gasteiger partial charge in [0.15, 0.2) is 28.2 Å². The van der Waals surface area contributed by atoms with Crippen molar-refractivity contribution in [3.63, 3.8) is 0 Å². The summed E-state index contributed by atoms with van der Waals surface area (Å²) < 4.78 is 36.9. The molecule has 1 amide bonds. The number of carbonyl (C=O) groups is 1. The average molecular weight is 608 g/mol. The number of nitrogens with zero attached hydrogens (tertiary/aromatic N) is 2. The maximum Gasteiger partial charge on any atom is 0.262 e.